The third-order valence-corrected chi connectivity index (χ3v) is 4.65. The van der Waals surface area contributed by atoms with Crippen LogP contribution in [0, 0.1) is 11.8 Å². The second kappa shape index (κ2) is 8.21. The minimum Gasteiger partial charge on any atom is -0.0622 e. The standard InChI is InChI=1S/C27H20/c1-4-12-22(13-5-1)20-21-23-14-10-11-19-26(23)27(24-15-6-2-7-16-24)25-17-8-3-9-18-25/h1-19,27H. The van der Waals surface area contributed by atoms with E-state index in [0.29, 0.717) is 0 Å². The van der Waals surface area contributed by atoms with Crippen LogP contribution in [0.15, 0.2) is 115 Å². The van der Waals surface area contributed by atoms with Gasteiger partial charge in [0.15, 0.2) is 0 Å². The average Bonchev–Trinajstić information content (AvgIpc) is 2.76. The maximum atomic E-state index is 3.40. The lowest BCUT2D eigenvalue weighted by Crippen LogP contribution is -2.05. The van der Waals surface area contributed by atoms with Crippen LogP contribution in [0.3, 0.4) is 0 Å². The summed E-state index contributed by atoms with van der Waals surface area (Å²) in [6, 6.07) is 39.9. The Kier molecular flexibility index (Phi) is 5.14. The van der Waals surface area contributed by atoms with Gasteiger partial charge in [-0.25, -0.2) is 0 Å². The van der Waals surface area contributed by atoms with E-state index in [1.54, 1.807) is 0 Å². The largest absolute Gasteiger partial charge is 0.0622 e. The molecule has 4 aromatic carbocycles. The van der Waals surface area contributed by atoms with Crippen molar-refractivity contribution >= 4 is 0 Å². The van der Waals surface area contributed by atoms with Crippen LogP contribution in [0.5, 0.6) is 0 Å². The SMILES string of the molecule is C(#Cc1ccccc1C(c1ccccc1)c1ccccc1)c1ccccc1. The molecule has 0 atom stereocenters. The lowest BCUT2D eigenvalue weighted by molar-refractivity contribution is 0.973. The fourth-order valence-electron chi connectivity index (χ4n) is 3.37. The summed E-state index contributed by atoms with van der Waals surface area (Å²) in [7, 11) is 0. The van der Waals surface area contributed by atoms with E-state index in [0.717, 1.165) is 11.1 Å². The fourth-order valence-corrected chi connectivity index (χ4v) is 3.37. The van der Waals surface area contributed by atoms with Crippen LogP contribution in [0.25, 0.3) is 0 Å². The molecule has 0 bridgehead atoms. The highest BCUT2D eigenvalue weighted by Crippen LogP contribution is 2.33. The summed E-state index contributed by atoms with van der Waals surface area (Å²) in [5, 5.41) is 0. The summed E-state index contributed by atoms with van der Waals surface area (Å²) in [5.41, 5.74) is 5.89. The van der Waals surface area contributed by atoms with Gasteiger partial charge >= 0.3 is 0 Å². The van der Waals surface area contributed by atoms with Crippen molar-refractivity contribution in [3.8, 4) is 11.8 Å². The molecule has 0 radical (unpaired) electrons. The van der Waals surface area contributed by atoms with Crippen molar-refractivity contribution < 1.29 is 0 Å². The maximum Gasteiger partial charge on any atom is 0.0352 e. The molecule has 27 heavy (non-hydrogen) atoms. The Balaban J connectivity index is 1.83. The van der Waals surface area contributed by atoms with E-state index in [9.17, 15) is 0 Å². The van der Waals surface area contributed by atoms with Gasteiger partial charge in [0, 0.05) is 17.0 Å². The molecule has 0 aliphatic rings. The Morgan fingerprint density at radius 2 is 0.926 bits per heavy atom. The fraction of sp³-hybridized carbons (Fsp3) is 0.0370. The van der Waals surface area contributed by atoms with E-state index < -0.39 is 0 Å². The quantitative estimate of drug-likeness (QED) is 0.304. The van der Waals surface area contributed by atoms with Crippen LogP contribution < -0.4 is 0 Å². The first kappa shape index (κ1) is 16.9. The van der Waals surface area contributed by atoms with Crippen LogP contribution in [-0.2, 0) is 0 Å². The summed E-state index contributed by atoms with van der Waals surface area (Å²) >= 11 is 0. The van der Waals surface area contributed by atoms with Crippen molar-refractivity contribution in [3.05, 3.63) is 143 Å². The Bertz CT molecular complexity index is 1010. The van der Waals surface area contributed by atoms with Crippen molar-refractivity contribution in [2.24, 2.45) is 0 Å². The van der Waals surface area contributed by atoms with E-state index in [-0.39, 0.29) is 5.92 Å². The normalized spacial score (nSPS) is 10.3. The predicted molar refractivity (Wildman–Crippen MR) is 113 cm³/mol. The molecule has 0 amide bonds. The Labute approximate surface area is 161 Å². The van der Waals surface area contributed by atoms with Crippen LogP contribution in [0.1, 0.15) is 33.7 Å². The van der Waals surface area contributed by atoms with Gasteiger partial charge in [0.1, 0.15) is 0 Å². The van der Waals surface area contributed by atoms with Crippen LogP contribution >= 0.6 is 0 Å². The van der Waals surface area contributed by atoms with Gasteiger partial charge in [-0.2, -0.15) is 0 Å². The molecule has 0 aliphatic carbocycles. The van der Waals surface area contributed by atoms with E-state index in [1.807, 2.05) is 30.3 Å². The van der Waals surface area contributed by atoms with Crippen molar-refractivity contribution in [1.82, 2.24) is 0 Å². The summed E-state index contributed by atoms with van der Waals surface area (Å²) in [6.07, 6.45) is 0. The molecule has 0 unspecified atom stereocenters. The molecule has 0 nitrogen and oxygen atoms in total. The first-order valence-corrected chi connectivity index (χ1v) is 9.18. The van der Waals surface area contributed by atoms with Crippen molar-refractivity contribution in [2.75, 3.05) is 0 Å². The zero-order valence-electron chi connectivity index (χ0n) is 15.0. The molecular weight excluding hydrogens is 324 g/mol. The highest BCUT2D eigenvalue weighted by Gasteiger charge is 2.18. The Morgan fingerprint density at radius 1 is 0.444 bits per heavy atom. The van der Waals surface area contributed by atoms with Gasteiger partial charge < -0.3 is 0 Å². The first-order valence-electron chi connectivity index (χ1n) is 9.18. The highest BCUT2D eigenvalue weighted by atomic mass is 14.2. The number of rotatable bonds is 3. The average molecular weight is 344 g/mol. The molecule has 0 fully saturated rings. The van der Waals surface area contributed by atoms with Gasteiger partial charge in [-0.15, -0.1) is 0 Å². The third-order valence-electron chi connectivity index (χ3n) is 4.65. The lowest BCUT2D eigenvalue weighted by Gasteiger charge is -2.20. The first-order chi connectivity index (χ1) is 13.4. The summed E-state index contributed by atoms with van der Waals surface area (Å²) in [4.78, 5) is 0. The molecule has 4 rings (SSSR count). The van der Waals surface area contributed by atoms with Crippen LogP contribution in [0.4, 0.5) is 0 Å². The number of benzene rings is 4. The van der Waals surface area contributed by atoms with Gasteiger partial charge in [-0.05, 0) is 34.9 Å². The van der Waals surface area contributed by atoms with Crippen molar-refractivity contribution in [3.63, 3.8) is 0 Å². The number of hydrogen-bond acceptors (Lipinski definition) is 0. The summed E-state index contributed by atoms with van der Waals surface area (Å²) in [6.45, 7) is 0. The van der Waals surface area contributed by atoms with Crippen molar-refractivity contribution in [2.45, 2.75) is 5.92 Å². The second-order valence-corrected chi connectivity index (χ2v) is 6.46. The van der Waals surface area contributed by atoms with Gasteiger partial charge in [-0.3, -0.25) is 0 Å². The Morgan fingerprint density at radius 3 is 1.52 bits per heavy atom. The molecule has 0 heterocycles. The summed E-state index contributed by atoms with van der Waals surface area (Å²) < 4.78 is 0. The molecule has 0 heteroatoms. The molecule has 0 aromatic heterocycles. The van der Waals surface area contributed by atoms with Gasteiger partial charge in [0.05, 0.1) is 0 Å². The van der Waals surface area contributed by atoms with Gasteiger partial charge in [0.25, 0.3) is 0 Å². The predicted octanol–water partition coefficient (Wildman–Crippen LogP) is 6.27. The monoisotopic (exact) mass is 344 g/mol. The smallest absolute Gasteiger partial charge is 0.0352 e. The zero-order valence-corrected chi connectivity index (χ0v) is 15.0. The van der Waals surface area contributed by atoms with Gasteiger partial charge in [-0.1, -0.05) is 109 Å². The van der Waals surface area contributed by atoms with Crippen molar-refractivity contribution in [1.29, 1.82) is 0 Å². The third kappa shape index (κ3) is 4.00. The molecule has 4 aromatic rings. The van der Waals surface area contributed by atoms with E-state index in [2.05, 4.69) is 96.8 Å². The highest BCUT2D eigenvalue weighted by molar-refractivity contribution is 5.53. The van der Waals surface area contributed by atoms with Crippen LogP contribution in [-0.4, -0.2) is 0 Å². The summed E-state index contributed by atoms with van der Waals surface area (Å²) in [5.74, 6) is 6.87. The van der Waals surface area contributed by atoms with E-state index in [1.165, 1.54) is 16.7 Å². The molecule has 0 aliphatic heterocycles. The second-order valence-electron chi connectivity index (χ2n) is 6.46. The molecule has 0 saturated heterocycles. The maximum absolute atomic E-state index is 3.40. The lowest BCUT2D eigenvalue weighted by atomic mass is 9.83. The van der Waals surface area contributed by atoms with E-state index in [4.69, 9.17) is 0 Å². The zero-order chi connectivity index (χ0) is 18.3. The topological polar surface area (TPSA) is 0 Å². The molecule has 0 N–H and O–H groups in total. The molecule has 128 valence electrons. The van der Waals surface area contributed by atoms with E-state index >= 15 is 0 Å². The minimum absolute atomic E-state index is 0.161. The molecule has 0 spiro atoms. The Hall–Kier alpha value is -3.56. The van der Waals surface area contributed by atoms with Crippen LogP contribution in [0.2, 0.25) is 0 Å². The molecular formula is C27H20. The molecule has 0 saturated carbocycles. The minimum atomic E-state index is 0.161. The number of hydrogen-bond donors (Lipinski definition) is 0. The van der Waals surface area contributed by atoms with Gasteiger partial charge in [0.2, 0.25) is 0 Å².